The number of aliphatic hydroxyl groups excluding tert-OH is 1. The number of hydrogen-bond acceptors (Lipinski definition) is 2. The van der Waals surface area contributed by atoms with Crippen LogP contribution in [0.25, 0.3) is 0 Å². The molecule has 0 radical (unpaired) electrons. The zero-order chi connectivity index (χ0) is 13.1. The van der Waals surface area contributed by atoms with Gasteiger partial charge in [0.15, 0.2) is 17.3 Å². The second-order valence-corrected chi connectivity index (χ2v) is 4.35. The van der Waals surface area contributed by atoms with Gasteiger partial charge in [0.2, 0.25) is 0 Å². The van der Waals surface area contributed by atoms with Crippen LogP contribution in [-0.2, 0) is 6.61 Å². The fourth-order valence-electron chi connectivity index (χ4n) is 1.47. The highest BCUT2D eigenvalue weighted by molar-refractivity contribution is 6.32. The Kier molecular flexibility index (Phi) is 4.07. The minimum Gasteiger partial charge on any atom is -0.452 e. The molecule has 2 rings (SSSR count). The molecule has 0 spiro atoms. The molecular formula is C13H9Cl2FO2. The van der Waals surface area contributed by atoms with Gasteiger partial charge in [0, 0.05) is 5.56 Å². The maximum atomic E-state index is 13.7. The highest BCUT2D eigenvalue weighted by Gasteiger charge is 2.13. The van der Waals surface area contributed by atoms with Crippen molar-refractivity contribution < 1.29 is 14.2 Å². The molecule has 0 aromatic heterocycles. The predicted octanol–water partition coefficient (Wildman–Crippen LogP) is 4.42. The summed E-state index contributed by atoms with van der Waals surface area (Å²) < 4.78 is 19.1. The largest absolute Gasteiger partial charge is 0.452 e. The molecule has 18 heavy (non-hydrogen) atoms. The molecule has 0 amide bonds. The molecule has 0 aliphatic rings. The summed E-state index contributed by atoms with van der Waals surface area (Å²) >= 11 is 11.6. The van der Waals surface area contributed by atoms with Crippen LogP contribution in [0.5, 0.6) is 11.5 Å². The Morgan fingerprint density at radius 2 is 1.72 bits per heavy atom. The smallest absolute Gasteiger partial charge is 0.184 e. The van der Waals surface area contributed by atoms with Gasteiger partial charge in [-0.3, -0.25) is 0 Å². The van der Waals surface area contributed by atoms with Crippen LogP contribution in [0.2, 0.25) is 10.0 Å². The minimum absolute atomic E-state index is 0.0368. The molecule has 0 unspecified atom stereocenters. The van der Waals surface area contributed by atoms with E-state index in [9.17, 15) is 9.50 Å². The van der Waals surface area contributed by atoms with E-state index in [0.29, 0.717) is 10.6 Å². The maximum absolute atomic E-state index is 13.7. The molecule has 0 atom stereocenters. The molecule has 0 heterocycles. The lowest BCUT2D eigenvalue weighted by Crippen LogP contribution is -1.94. The van der Waals surface area contributed by atoms with Gasteiger partial charge in [0.1, 0.15) is 0 Å². The van der Waals surface area contributed by atoms with Crippen molar-refractivity contribution in [2.24, 2.45) is 0 Å². The first-order chi connectivity index (χ1) is 8.63. The fourth-order valence-corrected chi connectivity index (χ4v) is 1.86. The Bertz CT molecular complexity index is 573. The molecule has 0 saturated carbocycles. The minimum atomic E-state index is -0.664. The van der Waals surface area contributed by atoms with Crippen LogP contribution in [0.3, 0.4) is 0 Å². The number of rotatable bonds is 3. The van der Waals surface area contributed by atoms with Crippen LogP contribution in [0.4, 0.5) is 4.39 Å². The number of halogens is 3. The molecule has 0 fully saturated rings. The van der Waals surface area contributed by atoms with E-state index in [1.165, 1.54) is 12.1 Å². The Hall–Kier alpha value is -1.29. The quantitative estimate of drug-likeness (QED) is 0.905. The lowest BCUT2D eigenvalue weighted by atomic mass is 10.2. The molecule has 2 aromatic carbocycles. The van der Waals surface area contributed by atoms with E-state index in [0.717, 1.165) is 0 Å². The van der Waals surface area contributed by atoms with E-state index in [4.69, 9.17) is 27.9 Å². The molecular weight excluding hydrogens is 278 g/mol. The van der Waals surface area contributed by atoms with Gasteiger partial charge in [0.25, 0.3) is 0 Å². The molecule has 94 valence electrons. The predicted molar refractivity (Wildman–Crippen MR) is 68.9 cm³/mol. The van der Waals surface area contributed by atoms with Crippen LogP contribution >= 0.6 is 23.2 Å². The van der Waals surface area contributed by atoms with Crippen molar-refractivity contribution in [3.05, 3.63) is 57.8 Å². The lowest BCUT2D eigenvalue weighted by molar-refractivity contribution is 0.276. The van der Waals surface area contributed by atoms with Crippen LogP contribution in [0.1, 0.15) is 5.56 Å². The number of aliphatic hydroxyl groups is 1. The number of benzene rings is 2. The van der Waals surface area contributed by atoms with Crippen molar-refractivity contribution in [3.63, 3.8) is 0 Å². The third-order valence-electron chi connectivity index (χ3n) is 2.35. The van der Waals surface area contributed by atoms with Gasteiger partial charge in [-0.2, -0.15) is 0 Å². The summed E-state index contributed by atoms with van der Waals surface area (Å²) in [6.07, 6.45) is 0. The van der Waals surface area contributed by atoms with Crippen LogP contribution in [0.15, 0.2) is 36.4 Å². The van der Waals surface area contributed by atoms with Gasteiger partial charge in [-0.05, 0) is 18.2 Å². The van der Waals surface area contributed by atoms with Crippen molar-refractivity contribution in [2.75, 3.05) is 0 Å². The first-order valence-corrected chi connectivity index (χ1v) is 5.89. The van der Waals surface area contributed by atoms with Crippen molar-refractivity contribution >= 4 is 23.2 Å². The first-order valence-electron chi connectivity index (χ1n) is 5.13. The van der Waals surface area contributed by atoms with Crippen LogP contribution < -0.4 is 4.74 Å². The summed E-state index contributed by atoms with van der Waals surface area (Å²) in [5.41, 5.74) is 0.474. The van der Waals surface area contributed by atoms with Crippen molar-refractivity contribution in [1.82, 2.24) is 0 Å². The van der Waals surface area contributed by atoms with Gasteiger partial charge >= 0.3 is 0 Å². The Labute approximate surface area is 114 Å². The SMILES string of the molecule is OCc1cccc(Cl)c1Oc1cccc(Cl)c1F. The van der Waals surface area contributed by atoms with E-state index in [1.807, 2.05) is 0 Å². The Balaban J connectivity index is 2.43. The number of para-hydroxylation sites is 1. The van der Waals surface area contributed by atoms with Crippen LogP contribution in [-0.4, -0.2) is 5.11 Å². The first kappa shape index (κ1) is 13.1. The van der Waals surface area contributed by atoms with E-state index in [-0.39, 0.29) is 23.1 Å². The molecule has 0 saturated heterocycles. The highest BCUT2D eigenvalue weighted by atomic mass is 35.5. The monoisotopic (exact) mass is 286 g/mol. The second-order valence-electron chi connectivity index (χ2n) is 3.54. The topological polar surface area (TPSA) is 29.5 Å². The van der Waals surface area contributed by atoms with Crippen molar-refractivity contribution in [3.8, 4) is 11.5 Å². The number of ether oxygens (including phenoxy) is 1. The maximum Gasteiger partial charge on any atom is 0.184 e. The third kappa shape index (κ3) is 2.58. The van der Waals surface area contributed by atoms with Gasteiger partial charge in [-0.15, -0.1) is 0 Å². The third-order valence-corrected chi connectivity index (χ3v) is 2.94. The van der Waals surface area contributed by atoms with Gasteiger partial charge < -0.3 is 9.84 Å². The average molecular weight is 287 g/mol. The molecule has 0 aliphatic heterocycles. The fraction of sp³-hybridized carbons (Fsp3) is 0.0769. The summed E-state index contributed by atoms with van der Waals surface area (Å²) in [6.45, 7) is -0.252. The molecule has 0 aliphatic carbocycles. The average Bonchev–Trinajstić information content (AvgIpc) is 2.37. The van der Waals surface area contributed by atoms with Crippen LogP contribution in [0, 0.1) is 5.82 Å². The summed E-state index contributed by atoms with van der Waals surface area (Å²) in [4.78, 5) is 0. The highest BCUT2D eigenvalue weighted by Crippen LogP contribution is 2.35. The van der Waals surface area contributed by atoms with Gasteiger partial charge in [-0.25, -0.2) is 4.39 Å². The Morgan fingerprint density at radius 1 is 1.06 bits per heavy atom. The summed E-state index contributed by atoms with van der Waals surface area (Å²) in [6, 6.07) is 9.34. The Morgan fingerprint density at radius 3 is 2.44 bits per heavy atom. The molecule has 5 heteroatoms. The molecule has 2 nitrogen and oxygen atoms in total. The summed E-state index contributed by atoms with van der Waals surface area (Å²) in [5.74, 6) is -0.476. The molecule has 0 bridgehead atoms. The number of hydrogen-bond donors (Lipinski definition) is 1. The summed E-state index contributed by atoms with van der Waals surface area (Å²) in [7, 11) is 0. The van der Waals surface area contributed by atoms with Crippen molar-refractivity contribution in [2.45, 2.75) is 6.61 Å². The van der Waals surface area contributed by atoms with Gasteiger partial charge in [-0.1, -0.05) is 41.4 Å². The second kappa shape index (κ2) is 5.57. The van der Waals surface area contributed by atoms with E-state index >= 15 is 0 Å². The lowest BCUT2D eigenvalue weighted by Gasteiger charge is -2.12. The molecule has 2 aromatic rings. The van der Waals surface area contributed by atoms with Crippen molar-refractivity contribution in [1.29, 1.82) is 0 Å². The zero-order valence-electron chi connectivity index (χ0n) is 9.16. The molecule has 1 N–H and O–H groups in total. The van der Waals surface area contributed by atoms with E-state index in [2.05, 4.69) is 0 Å². The standard InChI is InChI=1S/C13H9Cl2FO2/c14-9-4-2-6-11(12(9)16)18-13-8(7-17)3-1-5-10(13)15/h1-6,17H,7H2. The zero-order valence-corrected chi connectivity index (χ0v) is 10.7. The van der Waals surface area contributed by atoms with E-state index < -0.39 is 5.82 Å². The van der Waals surface area contributed by atoms with Gasteiger partial charge in [0.05, 0.1) is 16.7 Å². The summed E-state index contributed by atoms with van der Waals surface area (Å²) in [5, 5.41) is 9.44. The normalized spacial score (nSPS) is 10.4. The van der Waals surface area contributed by atoms with E-state index in [1.54, 1.807) is 24.3 Å².